The van der Waals surface area contributed by atoms with E-state index < -0.39 is 11.5 Å². The minimum absolute atomic E-state index is 0.406. The number of primary amides is 1. The van der Waals surface area contributed by atoms with Crippen molar-refractivity contribution in [3.05, 3.63) is 35.4 Å². The summed E-state index contributed by atoms with van der Waals surface area (Å²) in [4.78, 5) is 11.8. The summed E-state index contributed by atoms with van der Waals surface area (Å²) in [5.74, 6) is -0.648. The summed E-state index contributed by atoms with van der Waals surface area (Å²) >= 11 is 0. The van der Waals surface area contributed by atoms with Crippen LogP contribution in [0.1, 0.15) is 95.1 Å². The maximum Gasteiger partial charge on any atom is 0.254 e. The summed E-state index contributed by atoms with van der Waals surface area (Å²) < 4.78 is 0. The number of amides is 1. The zero-order chi connectivity index (χ0) is 18.5. The van der Waals surface area contributed by atoms with Crippen molar-refractivity contribution in [1.29, 1.82) is 0 Å². The van der Waals surface area contributed by atoms with Gasteiger partial charge in [0.25, 0.3) is 5.91 Å². The third-order valence-electron chi connectivity index (χ3n) is 5.05. The minimum Gasteiger partial charge on any atom is -0.375 e. The Labute approximate surface area is 154 Å². The lowest BCUT2D eigenvalue weighted by Crippen LogP contribution is -2.41. The Balaban J connectivity index is 2.23. The van der Waals surface area contributed by atoms with Crippen LogP contribution in [0.15, 0.2) is 24.3 Å². The van der Waals surface area contributed by atoms with Gasteiger partial charge < -0.3 is 10.8 Å². The van der Waals surface area contributed by atoms with Gasteiger partial charge >= 0.3 is 0 Å². The van der Waals surface area contributed by atoms with Gasteiger partial charge in [0.05, 0.1) is 0 Å². The Morgan fingerprint density at radius 3 is 1.96 bits per heavy atom. The zero-order valence-corrected chi connectivity index (χ0v) is 16.2. The smallest absolute Gasteiger partial charge is 0.254 e. The zero-order valence-electron chi connectivity index (χ0n) is 16.2. The first-order chi connectivity index (χ1) is 12.0. The van der Waals surface area contributed by atoms with E-state index in [0.717, 1.165) is 24.8 Å². The molecule has 0 radical (unpaired) electrons. The third-order valence-corrected chi connectivity index (χ3v) is 5.05. The number of rotatable bonds is 14. The number of nitrogens with two attached hydrogens (primary N) is 1. The molecule has 0 heterocycles. The lowest BCUT2D eigenvalue weighted by Gasteiger charge is -2.25. The number of carbonyl (C=O) groups is 1. The van der Waals surface area contributed by atoms with E-state index >= 15 is 0 Å². The van der Waals surface area contributed by atoms with Crippen molar-refractivity contribution in [2.75, 3.05) is 0 Å². The van der Waals surface area contributed by atoms with Gasteiger partial charge in [-0.25, -0.2) is 0 Å². The Morgan fingerprint density at radius 1 is 0.960 bits per heavy atom. The molecule has 3 heteroatoms. The third kappa shape index (κ3) is 8.04. The average Bonchev–Trinajstić information content (AvgIpc) is 2.59. The van der Waals surface area contributed by atoms with Gasteiger partial charge in [0.15, 0.2) is 5.60 Å². The van der Waals surface area contributed by atoms with Crippen molar-refractivity contribution in [1.82, 2.24) is 0 Å². The van der Waals surface area contributed by atoms with E-state index in [9.17, 15) is 9.90 Å². The molecule has 0 aliphatic carbocycles. The normalized spacial score (nSPS) is 13.6. The molecule has 25 heavy (non-hydrogen) atoms. The molecule has 0 saturated heterocycles. The van der Waals surface area contributed by atoms with Gasteiger partial charge in [0.1, 0.15) is 0 Å². The van der Waals surface area contributed by atoms with Crippen LogP contribution in [0.3, 0.4) is 0 Å². The second-order valence-electron chi connectivity index (χ2n) is 7.38. The van der Waals surface area contributed by atoms with Gasteiger partial charge in [-0.05, 0) is 25.3 Å². The topological polar surface area (TPSA) is 63.3 Å². The molecule has 0 aliphatic rings. The lowest BCUT2D eigenvalue weighted by atomic mass is 9.86. The maximum absolute atomic E-state index is 11.8. The van der Waals surface area contributed by atoms with Gasteiger partial charge in [-0.3, -0.25) is 4.79 Å². The predicted octanol–water partition coefficient (Wildman–Crippen LogP) is 5.37. The van der Waals surface area contributed by atoms with E-state index in [2.05, 4.69) is 6.92 Å². The molecule has 1 atom stereocenters. The van der Waals surface area contributed by atoms with Gasteiger partial charge in [-0.15, -0.1) is 0 Å². The van der Waals surface area contributed by atoms with Crippen LogP contribution in [-0.2, 0) is 10.4 Å². The van der Waals surface area contributed by atoms with Gasteiger partial charge in [-0.2, -0.15) is 0 Å². The largest absolute Gasteiger partial charge is 0.375 e. The van der Waals surface area contributed by atoms with Crippen molar-refractivity contribution in [3.63, 3.8) is 0 Å². The molecule has 1 rings (SSSR count). The molecule has 1 amide bonds. The van der Waals surface area contributed by atoms with E-state index in [1.807, 2.05) is 25.1 Å². The Hall–Kier alpha value is -1.35. The molecular weight excluding hydrogens is 310 g/mol. The molecule has 0 fully saturated rings. The van der Waals surface area contributed by atoms with Crippen molar-refractivity contribution in [2.24, 2.45) is 5.73 Å². The number of aryl methyl sites for hydroxylation is 1. The van der Waals surface area contributed by atoms with Crippen LogP contribution in [0.25, 0.3) is 0 Å². The van der Waals surface area contributed by atoms with Crippen LogP contribution >= 0.6 is 0 Å². The van der Waals surface area contributed by atoms with Crippen molar-refractivity contribution >= 4 is 5.91 Å². The molecule has 3 N–H and O–H groups in total. The molecule has 1 aromatic rings. The monoisotopic (exact) mass is 347 g/mol. The summed E-state index contributed by atoms with van der Waals surface area (Å²) in [6.45, 7) is 4.20. The fraction of sp³-hybridized carbons (Fsp3) is 0.682. The Morgan fingerprint density at radius 2 is 1.48 bits per heavy atom. The first kappa shape index (κ1) is 21.7. The molecule has 0 bridgehead atoms. The van der Waals surface area contributed by atoms with E-state index in [0.29, 0.717) is 12.0 Å². The maximum atomic E-state index is 11.8. The standard InChI is InChI=1S/C22H37NO2/c1-3-4-5-6-7-8-9-10-11-12-13-17-22(25,21(23)24)20-16-14-15-19(2)18-20/h14-16,18,25H,3-13,17H2,1-2H3,(H2,23,24). The summed E-state index contributed by atoms with van der Waals surface area (Å²) in [5.41, 5.74) is 5.60. The first-order valence-electron chi connectivity index (χ1n) is 10.1. The number of hydrogen-bond donors (Lipinski definition) is 2. The highest BCUT2D eigenvalue weighted by molar-refractivity contribution is 5.84. The fourth-order valence-corrected chi connectivity index (χ4v) is 3.36. The predicted molar refractivity (Wildman–Crippen MR) is 105 cm³/mol. The summed E-state index contributed by atoms with van der Waals surface area (Å²) in [6.07, 6.45) is 14.1. The van der Waals surface area contributed by atoms with Crippen LogP contribution in [0.4, 0.5) is 0 Å². The SMILES string of the molecule is CCCCCCCCCCCCCC(O)(C(N)=O)c1cccc(C)c1. The lowest BCUT2D eigenvalue weighted by molar-refractivity contribution is -0.138. The van der Waals surface area contributed by atoms with Crippen molar-refractivity contribution in [3.8, 4) is 0 Å². The first-order valence-corrected chi connectivity index (χ1v) is 10.1. The average molecular weight is 348 g/mol. The van der Waals surface area contributed by atoms with Crippen LogP contribution in [0, 0.1) is 6.92 Å². The molecule has 0 aromatic heterocycles. The summed E-state index contributed by atoms with van der Waals surface area (Å²) in [7, 11) is 0. The van der Waals surface area contributed by atoms with Crippen LogP contribution in [0.5, 0.6) is 0 Å². The van der Waals surface area contributed by atoms with E-state index in [1.54, 1.807) is 6.07 Å². The van der Waals surface area contributed by atoms with Crippen LogP contribution < -0.4 is 5.73 Å². The van der Waals surface area contributed by atoms with Gasteiger partial charge in [-0.1, -0.05) is 101 Å². The fourth-order valence-electron chi connectivity index (χ4n) is 3.36. The number of benzene rings is 1. The minimum atomic E-state index is -1.54. The summed E-state index contributed by atoms with van der Waals surface area (Å²) in [5, 5.41) is 10.8. The molecule has 3 nitrogen and oxygen atoms in total. The molecule has 142 valence electrons. The van der Waals surface area contributed by atoms with Gasteiger partial charge in [0, 0.05) is 0 Å². The molecule has 1 unspecified atom stereocenters. The number of aliphatic hydroxyl groups is 1. The summed E-state index contributed by atoms with van der Waals surface area (Å²) in [6, 6.07) is 7.45. The highest BCUT2D eigenvalue weighted by Gasteiger charge is 2.35. The molecule has 0 saturated carbocycles. The van der Waals surface area contributed by atoms with Crippen LogP contribution in [-0.4, -0.2) is 11.0 Å². The number of carbonyl (C=O) groups excluding carboxylic acids is 1. The molecule has 1 aromatic carbocycles. The molecule has 0 spiro atoms. The highest BCUT2D eigenvalue weighted by atomic mass is 16.3. The molecule has 0 aliphatic heterocycles. The van der Waals surface area contributed by atoms with E-state index in [1.165, 1.54) is 51.4 Å². The van der Waals surface area contributed by atoms with Crippen molar-refractivity contribution in [2.45, 2.75) is 96.5 Å². The quantitative estimate of drug-likeness (QED) is 0.444. The second-order valence-corrected chi connectivity index (χ2v) is 7.38. The van der Waals surface area contributed by atoms with Gasteiger partial charge in [0.2, 0.25) is 0 Å². The van der Waals surface area contributed by atoms with Crippen molar-refractivity contribution < 1.29 is 9.90 Å². The number of hydrogen-bond acceptors (Lipinski definition) is 2. The molecular formula is C22H37NO2. The van der Waals surface area contributed by atoms with E-state index in [-0.39, 0.29) is 0 Å². The van der Waals surface area contributed by atoms with Crippen LogP contribution in [0.2, 0.25) is 0 Å². The highest BCUT2D eigenvalue weighted by Crippen LogP contribution is 2.28. The number of unbranched alkanes of at least 4 members (excludes halogenated alkanes) is 10. The Kier molecular flexibility index (Phi) is 10.5. The van der Waals surface area contributed by atoms with E-state index in [4.69, 9.17) is 5.73 Å². The second kappa shape index (κ2) is 12.1. The Bertz CT molecular complexity index is 501.